The first-order valence-electron chi connectivity index (χ1n) is 6.68. The van der Waals surface area contributed by atoms with E-state index < -0.39 is 14.6 Å². The zero-order chi connectivity index (χ0) is 15.5. The minimum atomic E-state index is -2.74. The Hall–Kier alpha value is -1.12. The third-order valence-corrected chi connectivity index (χ3v) is 5.68. The first-order chi connectivity index (χ1) is 9.93. The lowest BCUT2D eigenvalue weighted by Gasteiger charge is -2.32. The first kappa shape index (κ1) is 16.3. The molecule has 0 radical (unpaired) electrons. The summed E-state index contributed by atoms with van der Waals surface area (Å²) in [5, 5.41) is 0. The van der Waals surface area contributed by atoms with Crippen LogP contribution >= 0.6 is 0 Å². The van der Waals surface area contributed by atoms with Gasteiger partial charge in [-0.15, -0.1) is 0 Å². The normalized spacial score (nSPS) is 17.0. The first-order valence-corrected chi connectivity index (χ1v) is 8.61. The third kappa shape index (κ3) is 3.75. The molecule has 6 nitrogen and oxygen atoms in total. The molecule has 1 aromatic rings. The summed E-state index contributed by atoms with van der Waals surface area (Å²) >= 11 is 0. The molecule has 0 aliphatic carbocycles. The molecule has 0 N–H and O–H groups in total. The second-order valence-corrected chi connectivity index (χ2v) is 8.02. The molecule has 0 aromatic heterocycles. The van der Waals surface area contributed by atoms with Gasteiger partial charge in [0.15, 0.2) is 6.23 Å². The molecule has 2 rings (SSSR count). The zero-order valence-electron chi connectivity index (χ0n) is 13.1. The molecule has 0 atom stereocenters. The molecular weight excluding hydrogens is 292 g/mol. The summed E-state index contributed by atoms with van der Waals surface area (Å²) in [5.74, 6) is 0.913. The standard InChI is InChI=1S/C14H22O6Si/c1-14(2)19-9-11-8-12(6-7-13(11)20-14)18-10-21(15-3,16-4)17-5/h6-8H,9-10H2,1-5H3. The van der Waals surface area contributed by atoms with Crippen molar-refractivity contribution in [2.45, 2.75) is 26.2 Å². The molecular formula is C14H22O6Si. The van der Waals surface area contributed by atoms with Gasteiger partial charge < -0.3 is 27.5 Å². The average molecular weight is 314 g/mol. The number of ether oxygens (including phenoxy) is 3. The molecule has 0 saturated heterocycles. The van der Waals surface area contributed by atoms with Crippen LogP contribution in [-0.4, -0.2) is 42.2 Å². The van der Waals surface area contributed by atoms with Crippen molar-refractivity contribution in [3.05, 3.63) is 23.8 Å². The summed E-state index contributed by atoms with van der Waals surface area (Å²) in [6.45, 7) is 4.26. The van der Waals surface area contributed by atoms with E-state index in [2.05, 4.69) is 0 Å². The van der Waals surface area contributed by atoms with E-state index in [0.717, 1.165) is 11.3 Å². The van der Waals surface area contributed by atoms with E-state index in [1.165, 1.54) is 0 Å². The van der Waals surface area contributed by atoms with Gasteiger partial charge in [0.1, 0.15) is 11.5 Å². The number of rotatable bonds is 6. The van der Waals surface area contributed by atoms with Gasteiger partial charge in [-0.25, -0.2) is 0 Å². The highest BCUT2D eigenvalue weighted by atomic mass is 28.4. The van der Waals surface area contributed by atoms with Crippen LogP contribution in [0.15, 0.2) is 18.2 Å². The van der Waals surface area contributed by atoms with Crippen LogP contribution < -0.4 is 9.47 Å². The predicted octanol–water partition coefficient (Wildman–Crippen LogP) is 2.13. The summed E-state index contributed by atoms with van der Waals surface area (Å²) in [4.78, 5) is 0. The molecule has 7 heteroatoms. The van der Waals surface area contributed by atoms with Crippen molar-refractivity contribution in [2.24, 2.45) is 0 Å². The van der Waals surface area contributed by atoms with Crippen molar-refractivity contribution in [1.29, 1.82) is 0 Å². The van der Waals surface area contributed by atoms with Crippen LogP contribution in [0.25, 0.3) is 0 Å². The van der Waals surface area contributed by atoms with Gasteiger partial charge in [-0.3, -0.25) is 0 Å². The van der Waals surface area contributed by atoms with Gasteiger partial charge in [-0.05, 0) is 18.2 Å². The van der Waals surface area contributed by atoms with E-state index in [0.29, 0.717) is 12.4 Å². The van der Waals surface area contributed by atoms with Crippen molar-refractivity contribution in [3.63, 3.8) is 0 Å². The number of benzene rings is 1. The third-order valence-electron chi connectivity index (χ3n) is 3.31. The van der Waals surface area contributed by atoms with E-state index in [-0.39, 0.29) is 6.23 Å². The van der Waals surface area contributed by atoms with Gasteiger partial charge in [0.25, 0.3) is 0 Å². The van der Waals surface area contributed by atoms with Gasteiger partial charge in [0.2, 0.25) is 5.79 Å². The Morgan fingerprint density at radius 2 is 1.81 bits per heavy atom. The molecule has 0 amide bonds. The number of hydrogen-bond acceptors (Lipinski definition) is 6. The molecule has 0 unspecified atom stereocenters. The quantitative estimate of drug-likeness (QED) is 0.750. The minimum Gasteiger partial charge on any atom is -0.489 e. The molecule has 1 aromatic carbocycles. The lowest BCUT2D eigenvalue weighted by Crippen LogP contribution is -2.49. The molecule has 21 heavy (non-hydrogen) atoms. The molecule has 118 valence electrons. The SMILES string of the molecule is CO[Si](COc1ccc2c(c1)COC(C)(C)O2)(OC)OC. The molecule has 0 fully saturated rings. The highest BCUT2D eigenvalue weighted by Crippen LogP contribution is 2.33. The van der Waals surface area contributed by atoms with Crippen LogP contribution in [0.1, 0.15) is 19.4 Å². The summed E-state index contributed by atoms with van der Waals surface area (Å²) in [7, 11) is 1.92. The van der Waals surface area contributed by atoms with Crippen molar-refractivity contribution in [2.75, 3.05) is 27.6 Å². The van der Waals surface area contributed by atoms with Crippen molar-refractivity contribution in [1.82, 2.24) is 0 Å². The molecule has 1 aliphatic rings. The van der Waals surface area contributed by atoms with Crippen LogP contribution in [0.4, 0.5) is 0 Å². The van der Waals surface area contributed by atoms with Crippen molar-refractivity contribution in [3.8, 4) is 11.5 Å². The topological polar surface area (TPSA) is 55.4 Å². The monoisotopic (exact) mass is 314 g/mol. The summed E-state index contributed by atoms with van der Waals surface area (Å²) in [5.41, 5.74) is 0.950. The second-order valence-electron chi connectivity index (χ2n) is 5.14. The Labute approximate surface area is 126 Å². The minimum absolute atomic E-state index is 0.239. The fraction of sp³-hybridized carbons (Fsp3) is 0.571. The second kappa shape index (κ2) is 6.33. The van der Waals surface area contributed by atoms with Gasteiger partial charge >= 0.3 is 8.80 Å². The summed E-state index contributed by atoms with van der Waals surface area (Å²) in [6, 6.07) is 5.62. The van der Waals surface area contributed by atoms with Crippen LogP contribution in [0, 0.1) is 0 Å². The smallest absolute Gasteiger partial charge is 0.489 e. The molecule has 0 bridgehead atoms. The fourth-order valence-electron chi connectivity index (χ4n) is 2.00. The van der Waals surface area contributed by atoms with Crippen molar-refractivity contribution >= 4 is 8.80 Å². The average Bonchev–Trinajstić information content (AvgIpc) is 2.48. The Kier molecular flexibility index (Phi) is 4.90. The van der Waals surface area contributed by atoms with Crippen LogP contribution in [0.2, 0.25) is 0 Å². The maximum Gasteiger partial charge on any atom is 0.539 e. The van der Waals surface area contributed by atoms with Gasteiger partial charge in [-0.2, -0.15) is 0 Å². The van der Waals surface area contributed by atoms with E-state index in [4.69, 9.17) is 27.5 Å². The van der Waals surface area contributed by atoms with Gasteiger partial charge in [0, 0.05) is 40.7 Å². The maximum absolute atomic E-state index is 5.74. The lowest BCUT2D eigenvalue weighted by atomic mass is 10.1. The fourth-order valence-corrected chi connectivity index (χ4v) is 3.20. The lowest BCUT2D eigenvalue weighted by molar-refractivity contribution is -0.180. The van der Waals surface area contributed by atoms with E-state index in [9.17, 15) is 0 Å². The highest BCUT2D eigenvalue weighted by molar-refractivity contribution is 6.60. The number of fused-ring (bicyclic) bond motifs is 1. The highest BCUT2D eigenvalue weighted by Gasteiger charge is 2.39. The Balaban J connectivity index is 2.06. The summed E-state index contributed by atoms with van der Waals surface area (Å²) < 4.78 is 33.0. The largest absolute Gasteiger partial charge is 0.539 e. The van der Waals surface area contributed by atoms with Crippen LogP contribution in [0.5, 0.6) is 11.5 Å². The molecule has 0 saturated carbocycles. The van der Waals surface area contributed by atoms with Gasteiger partial charge in [-0.1, -0.05) is 0 Å². The van der Waals surface area contributed by atoms with E-state index >= 15 is 0 Å². The number of hydrogen-bond donors (Lipinski definition) is 0. The zero-order valence-corrected chi connectivity index (χ0v) is 14.1. The predicted molar refractivity (Wildman–Crippen MR) is 78.2 cm³/mol. The van der Waals surface area contributed by atoms with E-state index in [1.54, 1.807) is 21.3 Å². The Bertz CT molecular complexity index is 478. The molecule has 1 heterocycles. The van der Waals surface area contributed by atoms with Gasteiger partial charge in [0.05, 0.1) is 6.61 Å². The van der Waals surface area contributed by atoms with Crippen LogP contribution in [0.3, 0.4) is 0 Å². The van der Waals surface area contributed by atoms with Crippen molar-refractivity contribution < 1.29 is 27.5 Å². The maximum atomic E-state index is 5.74. The Morgan fingerprint density at radius 3 is 2.43 bits per heavy atom. The Morgan fingerprint density at radius 1 is 1.14 bits per heavy atom. The van der Waals surface area contributed by atoms with Crippen LogP contribution in [-0.2, 0) is 24.6 Å². The molecule has 0 spiro atoms. The summed E-state index contributed by atoms with van der Waals surface area (Å²) in [6.07, 6.45) is 0.239. The molecule has 1 aliphatic heterocycles. The van der Waals surface area contributed by atoms with E-state index in [1.807, 2.05) is 32.0 Å².